The molecule has 0 bridgehead atoms. The zero-order valence-electron chi connectivity index (χ0n) is 16.4. The first-order valence-electron chi connectivity index (χ1n) is 8.63. The van der Waals surface area contributed by atoms with E-state index in [0.29, 0.717) is 12.2 Å². The van der Waals surface area contributed by atoms with Gasteiger partial charge in [-0.2, -0.15) is 0 Å². The molecule has 2 aromatic rings. The molecule has 0 saturated heterocycles. The second-order valence-corrected chi connectivity index (χ2v) is 9.28. The Morgan fingerprint density at radius 3 is 2.25 bits per heavy atom. The van der Waals surface area contributed by atoms with Gasteiger partial charge in [-0.3, -0.25) is 4.79 Å². The highest BCUT2D eigenvalue weighted by atomic mass is 16.1. The summed E-state index contributed by atoms with van der Waals surface area (Å²) in [6, 6.07) is 4.23. The predicted octanol–water partition coefficient (Wildman–Crippen LogP) is 5.07. The second-order valence-electron chi connectivity index (χ2n) is 9.28. The van der Waals surface area contributed by atoms with Gasteiger partial charge >= 0.3 is 0 Å². The van der Waals surface area contributed by atoms with Crippen LogP contribution in [-0.2, 0) is 11.3 Å². The molecule has 0 radical (unpaired) electrons. The van der Waals surface area contributed by atoms with Crippen molar-refractivity contribution in [1.29, 1.82) is 0 Å². The van der Waals surface area contributed by atoms with Crippen LogP contribution in [0, 0.1) is 24.7 Å². The number of rotatable bonds is 3. The SMILES string of the molecule is Cc1cc2c(cc(C)n2CC(C)(C)C)nc1NC(=O)CC(C)(C)C. The molecular weight excluding hydrogens is 298 g/mol. The molecule has 0 saturated carbocycles. The molecule has 24 heavy (non-hydrogen) atoms. The fourth-order valence-electron chi connectivity index (χ4n) is 2.87. The van der Waals surface area contributed by atoms with Gasteiger partial charge in [-0.05, 0) is 42.4 Å². The van der Waals surface area contributed by atoms with Gasteiger partial charge in [-0.15, -0.1) is 0 Å². The molecule has 2 aromatic heterocycles. The van der Waals surface area contributed by atoms with E-state index < -0.39 is 0 Å². The molecule has 4 nitrogen and oxygen atoms in total. The van der Waals surface area contributed by atoms with Crippen LogP contribution in [0.4, 0.5) is 5.82 Å². The Bertz CT molecular complexity index is 758. The summed E-state index contributed by atoms with van der Waals surface area (Å²) in [6.07, 6.45) is 0.482. The van der Waals surface area contributed by atoms with Crippen LogP contribution < -0.4 is 5.32 Å². The van der Waals surface area contributed by atoms with Gasteiger partial charge in [0.2, 0.25) is 5.91 Å². The highest BCUT2D eigenvalue weighted by Gasteiger charge is 2.19. The van der Waals surface area contributed by atoms with E-state index in [1.807, 2.05) is 6.92 Å². The molecule has 2 rings (SSSR count). The topological polar surface area (TPSA) is 46.9 Å². The molecule has 0 aliphatic rings. The lowest BCUT2D eigenvalue weighted by atomic mass is 9.92. The summed E-state index contributed by atoms with van der Waals surface area (Å²) in [5.41, 5.74) is 4.43. The van der Waals surface area contributed by atoms with E-state index in [-0.39, 0.29) is 16.7 Å². The van der Waals surface area contributed by atoms with Crippen LogP contribution in [-0.4, -0.2) is 15.5 Å². The zero-order valence-corrected chi connectivity index (χ0v) is 16.4. The molecular formula is C20H31N3O. The van der Waals surface area contributed by atoms with Crippen molar-refractivity contribution < 1.29 is 4.79 Å². The Morgan fingerprint density at radius 1 is 1.08 bits per heavy atom. The third kappa shape index (κ3) is 4.59. The number of aromatic nitrogens is 2. The number of anilines is 1. The van der Waals surface area contributed by atoms with Gasteiger partial charge in [-0.25, -0.2) is 4.98 Å². The number of hydrogen-bond donors (Lipinski definition) is 1. The number of carbonyl (C=O) groups is 1. The Balaban J connectivity index is 2.36. The van der Waals surface area contributed by atoms with Crippen LogP contribution in [0.1, 0.15) is 59.2 Å². The molecule has 132 valence electrons. The minimum Gasteiger partial charge on any atom is -0.343 e. The van der Waals surface area contributed by atoms with Crippen molar-refractivity contribution in [2.45, 2.75) is 68.4 Å². The number of nitrogens with zero attached hydrogens (tertiary/aromatic N) is 2. The third-order valence-electron chi connectivity index (χ3n) is 3.86. The maximum Gasteiger partial charge on any atom is 0.226 e. The number of carbonyl (C=O) groups excluding carboxylic acids is 1. The minimum absolute atomic E-state index is 0.0169. The number of amides is 1. The summed E-state index contributed by atoms with van der Waals surface area (Å²) in [5, 5.41) is 2.98. The van der Waals surface area contributed by atoms with Crippen LogP contribution >= 0.6 is 0 Å². The number of nitrogens with one attached hydrogen (secondary N) is 1. The first-order valence-corrected chi connectivity index (χ1v) is 8.63. The van der Waals surface area contributed by atoms with E-state index in [9.17, 15) is 4.79 Å². The lowest BCUT2D eigenvalue weighted by Crippen LogP contribution is -2.20. The van der Waals surface area contributed by atoms with Gasteiger partial charge < -0.3 is 9.88 Å². The normalized spacial score (nSPS) is 12.7. The van der Waals surface area contributed by atoms with Crippen LogP contribution in [0.25, 0.3) is 11.0 Å². The molecule has 0 aliphatic carbocycles. The number of hydrogen-bond acceptors (Lipinski definition) is 2. The van der Waals surface area contributed by atoms with Crippen molar-refractivity contribution in [3.05, 3.63) is 23.4 Å². The van der Waals surface area contributed by atoms with Gasteiger partial charge in [0.25, 0.3) is 0 Å². The predicted molar refractivity (Wildman–Crippen MR) is 101 cm³/mol. The average molecular weight is 329 g/mol. The lowest BCUT2D eigenvalue weighted by molar-refractivity contribution is -0.117. The van der Waals surface area contributed by atoms with E-state index >= 15 is 0 Å². The lowest BCUT2D eigenvalue weighted by Gasteiger charge is -2.21. The fourth-order valence-corrected chi connectivity index (χ4v) is 2.87. The van der Waals surface area contributed by atoms with Crippen LogP contribution in [0.2, 0.25) is 0 Å². The number of aryl methyl sites for hydroxylation is 2. The van der Waals surface area contributed by atoms with Gasteiger partial charge in [0.05, 0.1) is 11.0 Å². The van der Waals surface area contributed by atoms with Gasteiger partial charge in [0, 0.05) is 18.7 Å². The van der Waals surface area contributed by atoms with E-state index in [1.54, 1.807) is 0 Å². The molecule has 0 unspecified atom stereocenters. The zero-order chi connectivity index (χ0) is 18.3. The van der Waals surface area contributed by atoms with E-state index in [0.717, 1.165) is 23.1 Å². The molecule has 0 aliphatic heterocycles. The van der Waals surface area contributed by atoms with Crippen molar-refractivity contribution in [3.63, 3.8) is 0 Å². The largest absolute Gasteiger partial charge is 0.343 e. The number of pyridine rings is 1. The monoisotopic (exact) mass is 329 g/mol. The third-order valence-corrected chi connectivity index (χ3v) is 3.86. The van der Waals surface area contributed by atoms with E-state index in [4.69, 9.17) is 4.98 Å². The minimum atomic E-state index is -0.0330. The van der Waals surface area contributed by atoms with Crippen molar-refractivity contribution in [1.82, 2.24) is 9.55 Å². The Hall–Kier alpha value is -1.84. The summed E-state index contributed by atoms with van der Waals surface area (Å²) in [6.45, 7) is 18.0. The fraction of sp³-hybridized carbons (Fsp3) is 0.600. The maximum atomic E-state index is 12.2. The molecule has 0 aromatic carbocycles. The Labute approximate surface area is 145 Å². The quantitative estimate of drug-likeness (QED) is 0.854. The smallest absolute Gasteiger partial charge is 0.226 e. The molecule has 2 heterocycles. The van der Waals surface area contributed by atoms with Gasteiger partial charge in [0.15, 0.2) is 0 Å². The van der Waals surface area contributed by atoms with Gasteiger partial charge in [-0.1, -0.05) is 41.5 Å². The van der Waals surface area contributed by atoms with Gasteiger partial charge in [0.1, 0.15) is 5.82 Å². The standard InChI is InChI=1S/C20H31N3O/c1-13-9-16-15(10-14(2)23(16)12-20(6,7)8)21-18(13)22-17(24)11-19(3,4)5/h9-10H,11-12H2,1-8H3,(H,21,22,24). The van der Waals surface area contributed by atoms with E-state index in [2.05, 4.69) is 70.5 Å². The first kappa shape index (κ1) is 18.5. The van der Waals surface area contributed by atoms with Crippen molar-refractivity contribution in [3.8, 4) is 0 Å². The van der Waals surface area contributed by atoms with Crippen LogP contribution in [0.5, 0.6) is 0 Å². The maximum absolute atomic E-state index is 12.2. The molecule has 0 atom stereocenters. The van der Waals surface area contributed by atoms with Crippen molar-refractivity contribution in [2.24, 2.45) is 10.8 Å². The van der Waals surface area contributed by atoms with Crippen molar-refractivity contribution in [2.75, 3.05) is 5.32 Å². The molecule has 0 spiro atoms. The van der Waals surface area contributed by atoms with Crippen LogP contribution in [0.15, 0.2) is 12.1 Å². The van der Waals surface area contributed by atoms with Crippen LogP contribution in [0.3, 0.4) is 0 Å². The second kappa shape index (κ2) is 6.23. The summed E-state index contributed by atoms with van der Waals surface area (Å²) >= 11 is 0. The molecule has 0 fully saturated rings. The van der Waals surface area contributed by atoms with Crippen molar-refractivity contribution >= 4 is 22.8 Å². The highest BCUT2D eigenvalue weighted by Crippen LogP contribution is 2.27. The summed E-state index contributed by atoms with van der Waals surface area (Å²) in [7, 11) is 0. The highest BCUT2D eigenvalue weighted by molar-refractivity contribution is 5.92. The van der Waals surface area contributed by atoms with E-state index in [1.165, 1.54) is 5.69 Å². The number of fused-ring (bicyclic) bond motifs is 1. The summed E-state index contributed by atoms with van der Waals surface area (Å²) in [4.78, 5) is 16.9. The Morgan fingerprint density at radius 2 is 1.71 bits per heavy atom. The first-order chi connectivity index (χ1) is 10.9. The average Bonchev–Trinajstić information content (AvgIpc) is 2.62. The molecule has 1 N–H and O–H groups in total. The molecule has 1 amide bonds. The summed E-state index contributed by atoms with van der Waals surface area (Å²) in [5.74, 6) is 0.688. The Kier molecular flexibility index (Phi) is 4.80. The summed E-state index contributed by atoms with van der Waals surface area (Å²) < 4.78 is 2.32. The molecule has 4 heteroatoms.